The minimum absolute atomic E-state index is 0.0434. The van der Waals surface area contributed by atoms with Gasteiger partial charge in [-0.15, -0.1) is 0 Å². The van der Waals surface area contributed by atoms with Crippen molar-refractivity contribution in [3.8, 4) is 0 Å². The third-order valence-electron chi connectivity index (χ3n) is 4.35. The van der Waals surface area contributed by atoms with Crippen molar-refractivity contribution in [3.63, 3.8) is 0 Å². The van der Waals surface area contributed by atoms with Gasteiger partial charge >= 0.3 is 6.09 Å². The zero-order valence-corrected chi connectivity index (χ0v) is 17.2. The summed E-state index contributed by atoms with van der Waals surface area (Å²) in [6, 6.07) is 7.47. The number of amides is 2. The highest BCUT2D eigenvalue weighted by atomic mass is 79.9. The SMILES string of the molecule is CC(C)(C)C1CC1(CN(C(=O)CBr)c1ccc(Br)cc1)OC(N)=O. The average molecular weight is 462 g/mol. The number of rotatable bonds is 5. The molecule has 1 aromatic rings. The molecule has 2 rings (SSSR count). The molecule has 1 aromatic carbocycles. The average Bonchev–Trinajstić information content (AvgIpc) is 3.19. The zero-order chi connectivity index (χ0) is 18.1. The summed E-state index contributed by atoms with van der Waals surface area (Å²) in [5, 5.41) is 0.190. The van der Waals surface area contributed by atoms with E-state index in [-0.39, 0.29) is 22.6 Å². The maximum Gasteiger partial charge on any atom is 0.405 e. The lowest BCUT2D eigenvalue weighted by molar-refractivity contribution is -0.116. The van der Waals surface area contributed by atoms with Crippen LogP contribution in [0.1, 0.15) is 27.2 Å². The van der Waals surface area contributed by atoms with E-state index in [4.69, 9.17) is 10.5 Å². The Morgan fingerprint density at radius 3 is 2.33 bits per heavy atom. The van der Waals surface area contributed by atoms with Crippen LogP contribution in [0.2, 0.25) is 0 Å². The fourth-order valence-corrected chi connectivity index (χ4v) is 3.75. The van der Waals surface area contributed by atoms with Gasteiger partial charge in [0, 0.05) is 16.1 Å². The number of alkyl halides is 1. The molecule has 2 atom stereocenters. The Morgan fingerprint density at radius 2 is 1.92 bits per heavy atom. The molecule has 0 radical (unpaired) electrons. The molecule has 2 amide bonds. The van der Waals surface area contributed by atoms with E-state index in [1.165, 1.54) is 0 Å². The molecule has 5 nitrogen and oxygen atoms in total. The van der Waals surface area contributed by atoms with E-state index in [1.54, 1.807) is 4.90 Å². The molecule has 1 aliphatic carbocycles. The summed E-state index contributed by atoms with van der Waals surface area (Å²) in [5.74, 6) is 0.0582. The highest BCUT2D eigenvalue weighted by Crippen LogP contribution is 2.57. The maximum absolute atomic E-state index is 12.4. The van der Waals surface area contributed by atoms with Crippen molar-refractivity contribution in [1.29, 1.82) is 0 Å². The monoisotopic (exact) mass is 460 g/mol. The molecule has 0 saturated heterocycles. The third kappa shape index (κ3) is 4.30. The Morgan fingerprint density at radius 1 is 1.33 bits per heavy atom. The first-order valence-electron chi connectivity index (χ1n) is 7.69. The predicted molar refractivity (Wildman–Crippen MR) is 101 cm³/mol. The summed E-state index contributed by atoms with van der Waals surface area (Å²) in [6.07, 6.45) is -0.106. The highest BCUT2D eigenvalue weighted by molar-refractivity contribution is 9.10. The second-order valence-electron chi connectivity index (χ2n) is 7.20. The van der Waals surface area contributed by atoms with E-state index >= 15 is 0 Å². The van der Waals surface area contributed by atoms with Crippen LogP contribution in [-0.4, -0.2) is 29.5 Å². The quantitative estimate of drug-likeness (QED) is 0.671. The van der Waals surface area contributed by atoms with Crippen LogP contribution in [0.4, 0.5) is 10.5 Å². The molecule has 24 heavy (non-hydrogen) atoms. The lowest BCUT2D eigenvalue weighted by Gasteiger charge is -2.30. The van der Waals surface area contributed by atoms with Gasteiger partial charge in [0.1, 0.15) is 5.60 Å². The number of anilines is 1. The van der Waals surface area contributed by atoms with Gasteiger partial charge in [-0.05, 0) is 36.1 Å². The second-order valence-corrected chi connectivity index (χ2v) is 8.67. The number of primary amides is 1. The highest BCUT2D eigenvalue weighted by Gasteiger charge is 2.63. The molecule has 1 saturated carbocycles. The number of hydrogen-bond acceptors (Lipinski definition) is 3. The van der Waals surface area contributed by atoms with Crippen LogP contribution in [-0.2, 0) is 9.53 Å². The molecule has 1 aliphatic rings. The summed E-state index contributed by atoms with van der Waals surface area (Å²) < 4.78 is 6.41. The molecule has 2 N–H and O–H groups in total. The number of nitrogens with zero attached hydrogens (tertiary/aromatic N) is 1. The van der Waals surface area contributed by atoms with Gasteiger partial charge in [0.05, 0.1) is 11.9 Å². The van der Waals surface area contributed by atoms with Crippen LogP contribution >= 0.6 is 31.9 Å². The van der Waals surface area contributed by atoms with E-state index in [0.717, 1.165) is 10.2 Å². The summed E-state index contributed by atoms with van der Waals surface area (Å²) in [6.45, 7) is 6.59. The van der Waals surface area contributed by atoms with Gasteiger partial charge in [-0.25, -0.2) is 4.79 Å². The first-order valence-corrected chi connectivity index (χ1v) is 9.61. The molecular formula is C17H22Br2N2O3. The van der Waals surface area contributed by atoms with Crippen molar-refractivity contribution in [2.45, 2.75) is 32.8 Å². The van der Waals surface area contributed by atoms with Gasteiger partial charge in [0.25, 0.3) is 0 Å². The molecule has 0 spiro atoms. The zero-order valence-electron chi connectivity index (χ0n) is 14.0. The Labute approximate surface area is 159 Å². The van der Waals surface area contributed by atoms with Crippen molar-refractivity contribution in [2.75, 3.05) is 16.8 Å². The van der Waals surface area contributed by atoms with Crippen LogP contribution in [0.3, 0.4) is 0 Å². The number of ether oxygens (including phenoxy) is 1. The Balaban J connectivity index is 2.31. The summed E-state index contributed by atoms with van der Waals surface area (Å²) in [5.41, 5.74) is 5.28. The molecule has 132 valence electrons. The molecular weight excluding hydrogens is 440 g/mol. The lowest BCUT2D eigenvalue weighted by Crippen LogP contribution is -2.44. The fourth-order valence-electron chi connectivity index (χ4n) is 3.19. The van der Waals surface area contributed by atoms with Gasteiger partial charge in [0.2, 0.25) is 5.91 Å². The van der Waals surface area contributed by atoms with E-state index in [9.17, 15) is 9.59 Å². The first kappa shape index (κ1) is 19.2. The summed E-state index contributed by atoms with van der Waals surface area (Å²) in [4.78, 5) is 25.5. The molecule has 2 unspecified atom stereocenters. The second kappa shape index (κ2) is 7.04. The summed E-state index contributed by atoms with van der Waals surface area (Å²) >= 11 is 6.62. The van der Waals surface area contributed by atoms with Crippen LogP contribution < -0.4 is 10.6 Å². The van der Waals surface area contributed by atoms with Gasteiger partial charge in [-0.3, -0.25) is 4.79 Å². The first-order chi connectivity index (χ1) is 11.1. The predicted octanol–water partition coefficient (Wildman–Crippen LogP) is 4.08. The number of nitrogens with two attached hydrogens (primary N) is 1. The minimum Gasteiger partial charge on any atom is -0.441 e. The van der Waals surface area contributed by atoms with Crippen molar-refractivity contribution < 1.29 is 14.3 Å². The van der Waals surface area contributed by atoms with Gasteiger partial charge in [-0.1, -0.05) is 52.6 Å². The van der Waals surface area contributed by atoms with Crippen molar-refractivity contribution in [1.82, 2.24) is 0 Å². The van der Waals surface area contributed by atoms with Crippen molar-refractivity contribution >= 4 is 49.5 Å². The van der Waals surface area contributed by atoms with Gasteiger partial charge in [-0.2, -0.15) is 0 Å². The number of halogens is 2. The molecule has 1 fully saturated rings. The standard InChI is InChI=1S/C17H22Br2N2O3/c1-16(2,3)13-8-17(13,24-15(20)23)10-21(14(22)9-18)12-6-4-11(19)5-7-12/h4-7,13H,8-10H2,1-3H3,(H2,20,23). The third-order valence-corrected chi connectivity index (χ3v) is 5.36. The molecule has 0 heterocycles. The van der Waals surface area contributed by atoms with Crippen LogP contribution in [0.5, 0.6) is 0 Å². The van der Waals surface area contributed by atoms with Crippen LogP contribution in [0.15, 0.2) is 28.7 Å². The van der Waals surface area contributed by atoms with Gasteiger partial charge in [0.15, 0.2) is 0 Å². The Bertz CT molecular complexity index is 628. The van der Waals surface area contributed by atoms with Crippen molar-refractivity contribution in [2.24, 2.45) is 17.1 Å². The lowest BCUT2D eigenvalue weighted by atomic mass is 9.88. The molecule has 0 bridgehead atoms. The number of benzene rings is 1. The molecule has 7 heteroatoms. The Kier molecular flexibility index (Phi) is 5.64. The molecule has 0 aliphatic heterocycles. The normalized spacial score (nSPS) is 22.8. The van der Waals surface area contributed by atoms with Crippen molar-refractivity contribution in [3.05, 3.63) is 28.7 Å². The topological polar surface area (TPSA) is 72.6 Å². The van der Waals surface area contributed by atoms with Crippen LogP contribution in [0.25, 0.3) is 0 Å². The summed E-state index contributed by atoms with van der Waals surface area (Å²) in [7, 11) is 0. The van der Waals surface area contributed by atoms with Gasteiger partial charge < -0.3 is 15.4 Å². The largest absolute Gasteiger partial charge is 0.441 e. The van der Waals surface area contributed by atoms with E-state index in [1.807, 2.05) is 24.3 Å². The number of hydrogen-bond donors (Lipinski definition) is 1. The molecule has 0 aromatic heterocycles. The smallest absolute Gasteiger partial charge is 0.405 e. The number of carbonyl (C=O) groups excluding carboxylic acids is 2. The maximum atomic E-state index is 12.4. The van der Waals surface area contributed by atoms with E-state index < -0.39 is 11.7 Å². The van der Waals surface area contributed by atoms with E-state index in [2.05, 4.69) is 52.6 Å². The van der Waals surface area contributed by atoms with E-state index in [0.29, 0.717) is 13.0 Å². The number of carbonyl (C=O) groups is 2. The Hall–Kier alpha value is -1.08. The van der Waals surface area contributed by atoms with Crippen LogP contribution in [0, 0.1) is 11.3 Å². The fraction of sp³-hybridized carbons (Fsp3) is 0.529. The minimum atomic E-state index is -0.802.